The number of unbranched alkanes of at least 4 members (excludes halogenated alkanes) is 1. The Hall–Kier alpha value is -5.75. The second-order valence-electron chi connectivity index (χ2n) is 14.3. The number of hydrogen-bond donors (Lipinski definition) is 6. The maximum absolute atomic E-state index is 13.9. The van der Waals surface area contributed by atoms with Crippen LogP contribution in [0.1, 0.15) is 32.1 Å². The van der Waals surface area contributed by atoms with Gasteiger partial charge in [0.1, 0.15) is 11.5 Å². The van der Waals surface area contributed by atoms with Gasteiger partial charge in [-0.1, -0.05) is 0 Å². The standard InChI is InChI=1S/C38H53N7O15S/c1-59-37(56)38(61(57,58)29-9-7-27(8-10-29)60-28-5-4-13-40-21-28)11-15-45(16-12-38)36(55)30(39)6-2-3-14-41-31(46)22-43(24-33(49)50)19-17-42(23-32(47)48)18-20-44(25-34(51)52)26-35(53)54/h4-5,7-10,13,21,30H,2-3,6,11-12,14-20,22-26,39H2,1H3,(H,41,46)(H,47,48)(H,49,50)(H,51,52)(H,53,54)/t30-/m0/s1. The molecule has 0 aliphatic carbocycles. The maximum Gasteiger partial charge on any atom is 0.327 e. The molecule has 2 amide bonds. The summed E-state index contributed by atoms with van der Waals surface area (Å²) in [6, 6.07) is 8.01. The molecule has 0 unspecified atom stereocenters. The van der Waals surface area contributed by atoms with E-state index in [9.17, 15) is 52.2 Å². The third kappa shape index (κ3) is 15.7. The summed E-state index contributed by atoms with van der Waals surface area (Å²) >= 11 is 0. The first kappa shape index (κ1) is 49.6. The van der Waals surface area contributed by atoms with Crippen molar-refractivity contribution in [2.24, 2.45) is 5.73 Å². The van der Waals surface area contributed by atoms with Crippen LogP contribution < -0.4 is 15.8 Å². The van der Waals surface area contributed by atoms with E-state index in [2.05, 4.69) is 10.3 Å². The third-order valence-corrected chi connectivity index (χ3v) is 12.3. The van der Waals surface area contributed by atoms with Gasteiger partial charge in [-0.2, -0.15) is 0 Å². The van der Waals surface area contributed by atoms with Crippen LogP contribution in [0.5, 0.6) is 11.5 Å². The minimum atomic E-state index is -4.30. The molecule has 22 nitrogen and oxygen atoms in total. The number of carbonyl (C=O) groups excluding carboxylic acids is 3. The Morgan fingerprint density at radius 3 is 1.82 bits per heavy atom. The lowest BCUT2D eigenvalue weighted by molar-refractivity contribution is -0.147. The highest BCUT2D eigenvalue weighted by Crippen LogP contribution is 2.38. The van der Waals surface area contributed by atoms with E-state index >= 15 is 0 Å². The first-order chi connectivity index (χ1) is 28.9. The third-order valence-electron chi connectivity index (χ3n) is 9.81. The Morgan fingerprint density at radius 1 is 0.787 bits per heavy atom. The van der Waals surface area contributed by atoms with Crippen molar-refractivity contribution in [2.75, 3.05) is 85.6 Å². The van der Waals surface area contributed by atoms with Gasteiger partial charge in [0.25, 0.3) is 0 Å². The number of nitrogens with zero attached hydrogens (tertiary/aromatic N) is 5. The molecule has 336 valence electrons. The zero-order valence-corrected chi connectivity index (χ0v) is 34.5. The summed E-state index contributed by atoms with van der Waals surface area (Å²) in [4.78, 5) is 93.3. The fraction of sp³-hybridized carbons (Fsp3) is 0.526. The number of sulfone groups is 1. The van der Waals surface area contributed by atoms with E-state index < -0.39 is 88.5 Å². The fourth-order valence-electron chi connectivity index (χ4n) is 6.68. The van der Waals surface area contributed by atoms with Crippen LogP contribution in [0.3, 0.4) is 0 Å². The predicted octanol–water partition coefficient (Wildman–Crippen LogP) is -0.960. The molecule has 1 saturated heterocycles. The van der Waals surface area contributed by atoms with Crippen molar-refractivity contribution in [1.29, 1.82) is 0 Å². The van der Waals surface area contributed by atoms with Gasteiger partial charge in [-0.25, -0.2) is 8.42 Å². The first-order valence-corrected chi connectivity index (χ1v) is 20.7. The molecule has 7 N–H and O–H groups in total. The molecule has 0 radical (unpaired) electrons. The molecule has 1 aromatic heterocycles. The van der Waals surface area contributed by atoms with Crippen molar-refractivity contribution in [1.82, 2.24) is 29.9 Å². The van der Waals surface area contributed by atoms with E-state index in [-0.39, 0.29) is 76.5 Å². The summed E-state index contributed by atoms with van der Waals surface area (Å²) in [6.45, 7) is -2.78. The molecule has 1 atom stereocenters. The molecule has 0 bridgehead atoms. The number of piperidine rings is 1. The highest BCUT2D eigenvalue weighted by molar-refractivity contribution is 7.93. The van der Waals surface area contributed by atoms with Gasteiger partial charge in [0.2, 0.25) is 11.8 Å². The Bertz CT molecular complexity index is 1910. The molecule has 3 rings (SSSR count). The molecule has 1 aliphatic rings. The summed E-state index contributed by atoms with van der Waals surface area (Å²) < 4.78 is 36.6. The number of aliphatic carboxylic acids is 4. The van der Waals surface area contributed by atoms with E-state index in [0.29, 0.717) is 24.3 Å². The number of nitrogens with one attached hydrogen (secondary N) is 1. The van der Waals surface area contributed by atoms with Gasteiger partial charge in [-0.3, -0.25) is 53.2 Å². The summed E-state index contributed by atoms with van der Waals surface area (Å²) in [5.41, 5.74) is 6.21. The largest absolute Gasteiger partial charge is 0.480 e. The van der Waals surface area contributed by atoms with Crippen molar-refractivity contribution >= 4 is 51.5 Å². The van der Waals surface area contributed by atoms with Gasteiger partial charge in [-0.05, 0) is 68.5 Å². The van der Waals surface area contributed by atoms with E-state index in [1.54, 1.807) is 18.3 Å². The number of aromatic nitrogens is 1. The van der Waals surface area contributed by atoms with Crippen LogP contribution >= 0.6 is 0 Å². The normalized spacial score (nSPS) is 14.3. The smallest absolute Gasteiger partial charge is 0.327 e. The molecule has 61 heavy (non-hydrogen) atoms. The van der Waals surface area contributed by atoms with Gasteiger partial charge in [-0.15, -0.1) is 0 Å². The van der Waals surface area contributed by atoms with Gasteiger partial charge >= 0.3 is 29.8 Å². The zero-order chi connectivity index (χ0) is 45.2. The SMILES string of the molecule is COC(=O)C1(S(=O)(=O)c2ccc(Oc3cccnc3)cc2)CCN(C(=O)[C@@H](N)CCCCNC(=O)CN(CCN(CCN(CC(=O)O)CC(=O)O)CC(=O)O)CC(=O)O)CC1. The number of methoxy groups -OCH3 is 1. The number of likely N-dealkylation sites (tertiary alicyclic amines) is 1. The number of ether oxygens (including phenoxy) is 2. The van der Waals surface area contributed by atoms with Crippen molar-refractivity contribution < 1.29 is 71.9 Å². The van der Waals surface area contributed by atoms with Crippen LogP contribution in [0.15, 0.2) is 53.7 Å². The minimum absolute atomic E-state index is 0.0269. The number of amides is 2. The molecular formula is C38H53N7O15S. The molecule has 23 heteroatoms. The lowest BCUT2D eigenvalue weighted by Gasteiger charge is -2.39. The molecule has 0 spiro atoms. The van der Waals surface area contributed by atoms with Crippen molar-refractivity contribution in [3.63, 3.8) is 0 Å². The number of carboxylic acid groups (broad SMARTS) is 4. The van der Waals surface area contributed by atoms with Crippen molar-refractivity contribution in [2.45, 2.75) is 47.8 Å². The summed E-state index contributed by atoms with van der Waals surface area (Å²) in [5, 5.41) is 39.5. The lowest BCUT2D eigenvalue weighted by Crippen LogP contribution is -2.57. The number of pyridine rings is 1. The van der Waals surface area contributed by atoms with E-state index in [1.807, 2.05) is 0 Å². The lowest BCUT2D eigenvalue weighted by atomic mass is 9.95. The number of carboxylic acids is 4. The van der Waals surface area contributed by atoms with Gasteiger partial charge < -0.3 is 45.9 Å². The van der Waals surface area contributed by atoms with E-state index in [1.165, 1.54) is 45.2 Å². The number of hydrogen-bond acceptors (Lipinski definition) is 16. The number of benzene rings is 1. The first-order valence-electron chi connectivity index (χ1n) is 19.2. The van der Waals surface area contributed by atoms with Gasteiger partial charge in [0.15, 0.2) is 14.6 Å². The fourth-order valence-corrected chi connectivity index (χ4v) is 8.64. The summed E-state index contributed by atoms with van der Waals surface area (Å²) in [5.74, 6) is -6.10. The van der Waals surface area contributed by atoms with Crippen molar-refractivity contribution in [3.8, 4) is 11.5 Å². The Kier molecular flexibility index (Phi) is 19.4. The van der Waals surface area contributed by atoms with Crippen molar-refractivity contribution in [3.05, 3.63) is 48.8 Å². The number of nitrogens with two attached hydrogens (primary N) is 1. The van der Waals surface area contributed by atoms with Gasteiger partial charge in [0.05, 0.1) is 57.0 Å². The molecular weight excluding hydrogens is 827 g/mol. The van der Waals surface area contributed by atoms with Crippen LogP contribution in [-0.2, 0) is 48.1 Å². The second-order valence-corrected chi connectivity index (χ2v) is 16.6. The van der Waals surface area contributed by atoms with E-state index in [0.717, 1.165) is 12.0 Å². The molecule has 2 heterocycles. The highest BCUT2D eigenvalue weighted by atomic mass is 32.2. The second kappa shape index (κ2) is 23.9. The number of rotatable bonds is 27. The quantitative estimate of drug-likeness (QED) is 0.0465. The summed E-state index contributed by atoms with van der Waals surface area (Å²) in [7, 11) is -3.20. The summed E-state index contributed by atoms with van der Waals surface area (Å²) in [6.07, 6.45) is 3.65. The van der Waals surface area contributed by atoms with Crippen LogP contribution in [0.2, 0.25) is 0 Å². The van der Waals surface area contributed by atoms with Crippen LogP contribution in [0, 0.1) is 0 Å². The Morgan fingerprint density at radius 2 is 1.31 bits per heavy atom. The monoisotopic (exact) mass is 879 g/mol. The molecule has 1 fully saturated rings. The average molecular weight is 880 g/mol. The topological polar surface area (TPSA) is 317 Å². The zero-order valence-electron chi connectivity index (χ0n) is 33.7. The predicted molar refractivity (Wildman–Crippen MR) is 213 cm³/mol. The average Bonchev–Trinajstić information content (AvgIpc) is 3.20. The minimum Gasteiger partial charge on any atom is -0.480 e. The number of esters is 1. The molecule has 2 aromatic rings. The highest BCUT2D eigenvalue weighted by Gasteiger charge is 2.54. The van der Waals surface area contributed by atoms with Crippen LogP contribution in [0.4, 0.5) is 0 Å². The maximum atomic E-state index is 13.9. The van der Waals surface area contributed by atoms with E-state index in [4.69, 9.17) is 25.4 Å². The number of carbonyl (C=O) groups is 7. The van der Waals surface area contributed by atoms with Crippen LogP contribution in [0.25, 0.3) is 0 Å². The molecule has 0 saturated carbocycles. The van der Waals surface area contributed by atoms with Crippen LogP contribution in [-0.4, -0.2) is 192 Å². The van der Waals surface area contributed by atoms with Gasteiger partial charge in [0, 0.05) is 52.0 Å². The molecule has 1 aromatic carbocycles. The Balaban J connectivity index is 1.47. The molecule has 1 aliphatic heterocycles. The Labute approximate surface area is 352 Å².